The fourth-order valence-electron chi connectivity index (χ4n) is 3.83. The van der Waals surface area contributed by atoms with Gasteiger partial charge in [-0.05, 0) is 48.8 Å². The Hall–Kier alpha value is -0.600. The van der Waals surface area contributed by atoms with Crippen LogP contribution in [0.25, 0.3) is 0 Å². The maximum Gasteiger partial charge on any atom is 0.145 e. The predicted molar refractivity (Wildman–Crippen MR) is 88.3 cm³/mol. The molecule has 0 aromatic heterocycles. The van der Waals surface area contributed by atoms with E-state index in [9.17, 15) is 4.39 Å². The van der Waals surface area contributed by atoms with Gasteiger partial charge in [-0.1, -0.05) is 57.3 Å². The molecule has 1 aromatic rings. The van der Waals surface area contributed by atoms with E-state index in [0.717, 1.165) is 12.1 Å². The summed E-state index contributed by atoms with van der Waals surface area (Å²) in [6, 6.07) is 5.64. The molecule has 0 bridgehead atoms. The van der Waals surface area contributed by atoms with E-state index >= 15 is 0 Å². The summed E-state index contributed by atoms with van der Waals surface area (Å²) in [5, 5.41) is 3.82. The Balaban J connectivity index is 2.20. The summed E-state index contributed by atoms with van der Waals surface area (Å²) in [5.41, 5.74) is 1.05. The Morgan fingerprint density at radius 2 is 2.14 bits per heavy atom. The van der Waals surface area contributed by atoms with Gasteiger partial charge in [-0.25, -0.2) is 4.39 Å². The number of likely N-dealkylation sites (N-methyl/N-ethyl adjacent to an activating group) is 1. The van der Waals surface area contributed by atoms with E-state index in [1.807, 2.05) is 12.1 Å². The molecule has 2 rings (SSSR count). The highest BCUT2D eigenvalue weighted by Crippen LogP contribution is 2.43. The molecule has 2 unspecified atom stereocenters. The summed E-state index contributed by atoms with van der Waals surface area (Å²) in [4.78, 5) is 0. The fraction of sp³-hybridized carbons (Fsp3) is 0.667. The maximum atomic E-state index is 14.2. The van der Waals surface area contributed by atoms with Gasteiger partial charge in [0.25, 0.3) is 0 Å². The van der Waals surface area contributed by atoms with Crippen molar-refractivity contribution < 1.29 is 4.39 Å². The van der Waals surface area contributed by atoms with Gasteiger partial charge in [-0.2, -0.15) is 0 Å². The first-order valence-electron chi connectivity index (χ1n) is 8.12. The minimum absolute atomic E-state index is 0.227. The van der Waals surface area contributed by atoms with Gasteiger partial charge in [-0.3, -0.25) is 0 Å². The second kappa shape index (κ2) is 7.11. The molecule has 118 valence electrons. The van der Waals surface area contributed by atoms with Gasteiger partial charge in [0.05, 0.1) is 5.02 Å². The minimum atomic E-state index is -0.254. The molecule has 0 spiro atoms. The Labute approximate surface area is 133 Å². The summed E-state index contributed by atoms with van der Waals surface area (Å²) in [6.45, 7) is 7.75. The van der Waals surface area contributed by atoms with Gasteiger partial charge in [-0.15, -0.1) is 0 Å². The van der Waals surface area contributed by atoms with Gasteiger partial charge >= 0.3 is 0 Å². The molecule has 0 radical (unpaired) electrons. The molecular weight excluding hydrogens is 285 g/mol. The van der Waals surface area contributed by atoms with Crippen molar-refractivity contribution in [3.8, 4) is 0 Å². The van der Waals surface area contributed by atoms with E-state index in [4.69, 9.17) is 11.6 Å². The van der Waals surface area contributed by atoms with Crippen molar-refractivity contribution in [3.63, 3.8) is 0 Å². The van der Waals surface area contributed by atoms with E-state index in [1.54, 1.807) is 6.07 Å². The lowest BCUT2D eigenvalue weighted by Gasteiger charge is -2.43. The molecule has 1 aliphatic rings. The molecule has 1 aliphatic carbocycles. The highest BCUT2D eigenvalue weighted by atomic mass is 35.5. The molecule has 1 N–H and O–H groups in total. The number of hydrogen-bond acceptors (Lipinski definition) is 1. The van der Waals surface area contributed by atoms with Crippen LogP contribution in [0.5, 0.6) is 0 Å². The molecular formula is C18H27ClFN. The van der Waals surface area contributed by atoms with Gasteiger partial charge in [0.2, 0.25) is 0 Å². The third-order valence-corrected chi connectivity index (χ3v) is 5.31. The molecule has 1 saturated carbocycles. The van der Waals surface area contributed by atoms with Crippen LogP contribution < -0.4 is 5.32 Å². The van der Waals surface area contributed by atoms with Gasteiger partial charge < -0.3 is 5.32 Å². The Kier molecular flexibility index (Phi) is 5.67. The minimum Gasteiger partial charge on any atom is -0.314 e. The predicted octanol–water partition coefficient (Wildman–Crippen LogP) is 5.22. The molecule has 0 amide bonds. The van der Waals surface area contributed by atoms with E-state index in [1.165, 1.54) is 25.7 Å². The van der Waals surface area contributed by atoms with Gasteiger partial charge in [0, 0.05) is 6.04 Å². The molecule has 1 nitrogen and oxygen atoms in total. The first kappa shape index (κ1) is 16.8. The molecule has 1 fully saturated rings. The highest BCUT2D eigenvalue weighted by Gasteiger charge is 2.37. The van der Waals surface area contributed by atoms with Crippen molar-refractivity contribution in [2.45, 2.75) is 58.9 Å². The van der Waals surface area contributed by atoms with Crippen LogP contribution >= 0.6 is 11.6 Å². The van der Waals surface area contributed by atoms with Crippen LogP contribution in [-0.2, 0) is 6.42 Å². The number of rotatable bonds is 5. The van der Waals surface area contributed by atoms with E-state index in [-0.39, 0.29) is 10.8 Å². The first-order valence-corrected chi connectivity index (χ1v) is 8.49. The van der Waals surface area contributed by atoms with Crippen molar-refractivity contribution >= 4 is 11.6 Å². The van der Waals surface area contributed by atoms with E-state index in [2.05, 4.69) is 26.1 Å². The smallest absolute Gasteiger partial charge is 0.145 e. The molecule has 0 saturated heterocycles. The summed E-state index contributed by atoms with van der Waals surface area (Å²) < 4.78 is 14.2. The van der Waals surface area contributed by atoms with Crippen LogP contribution in [-0.4, -0.2) is 12.6 Å². The van der Waals surface area contributed by atoms with Gasteiger partial charge in [0.15, 0.2) is 0 Å². The molecule has 21 heavy (non-hydrogen) atoms. The van der Waals surface area contributed by atoms with Crippen molar-refractivity contribution in [2.75, 3.05) is 6.54 Å². The van der Waals surface area contributed by atoms with Crippen LogP contribution in [0.1, 0.15) is 52.0 Å². The second-order valence-corrected chi connectivity index (χ2v) is 7.33. The molecule has 0 aliphatic heterocycles. The summed E-state index contributed by atoms with van der Waals surface area (Å²) in [5.74, 6) is 0.334. The van der Waals surface area contributed by atoms with Crippen LogP contribution in [0.4, 0.5) is 4.39 Å². The van der Waals surface area contributed by atoms with Crippen LogP contribution in [0.2, 0.25) is 5.02 Å². The van der Waals surface area contributed by atoms with Crippen LogP contribution in [0.3, 0.4) is 0 Å². The SMILES string of the molecule is CCNC(Cc1cccc(Cl)c1F)C1CCCCC1(C)C. The zero-order valence-corrected chi connectivity index (χ0v) is 14.1. The van der Waals surface area contributed by atoms with Crippen LogP contribution in [0, 0.1) is 17.2 Å². The Bertz CT molecular complexity index is 472. The number of hydrogen-bond donors (Lipinski definition) is 1. The first-order chi connectivity index (χ1) is 9.95. The van der Waals surface area contributed by atoms with Crippen molar-refractivity contribution in [1.82, 2.24) is 5.32 Å². The summed E-state index contributed by atoms with van der Waals surface area (Å²) in [7, 11) is 0. The Morgan fingerprint density at radius 3 is 2.81 bits per heavy atom. The summed E-state index contributed by atoms with van der Waals surface area (Å²) in [6.07, 6.45) is 5.81. The number of halogens is 2. The standard InChI is InChI=1S/C18H27ClFN/c1-4-21-16(14-9-5-6-11-18(14,2)3)12-13-8-7-10-15(19)17(13)20/h7-8,10,14,16,21H,4-6,9,11-12H2,1-3H3. The Morgan fingerprint density at radius 1 is 1.38 bits per heavy atom. The maximum absolute atomic E-state index is 14.2. The number of nitrogens with one attached hydrogen (secondary N) is 1. The average molecular weight is 312 g/mol. The van der Waals surface area contributed by atoms with Crippen LogP contribution in [0.15, 0.2) is 18.2 Å². The van der Waals surface area contributed by atoms with Crippen molar-refractivity contribution in [2.24, 2.45) is 11.3 Å². The van der Waals surface area contributed by atoms with Crippen molar-refractivity contribution in [1.29, 1.82) is 0 Å². The zero-order chi connectivity index (χ0) is 15.5. The summed E-state index contributed by atoms with van der Waals surface area (Å²) >= 11 is 5.92. The van der Waals surface area contributed by atoms with Gasteiger partial charge in [0.1, 0.15) is 5.82 Å². The highest BCUT2D eigenvalue weighted by molar-refractivity contribution is 6.30. The quantitative estimate of drug-likeness (QED) is 0.786. The van der Waals surface area contributed by atoms with E-state index in [0.29, 0.717) is 23.8 Å². The molecule has 1 aromatic carbocycles. The monoisotopic (exact) mass is 311 g/mol. The average Bonchev–Trinajstić information content (AvgIpc) is 2.43. The van der Waals surface area contributed by atoms with Crippen molar-refractivity contribution in [3.05, 3.63) is 34.6 Å². The second-order valence-electron chi connectivity index (χ2n) is 6.92. The zero-order valence-electron chi connectivity index (χ0n) is 13.4. The lowest BCUT2D eigenvalue weighted by Crippen LogP contribution is -2.46. The fourth-order valence-corrected chi connectivity index (χ4v) is 4.02. The third kappa shape index (κ3) is 3.98. The third-order valence-electron chi connectivity index (χ3n) is 5.01. The molecule has 3 heteroatoms. The lowest BCUT2D eigenvalue weighted by atomic mass is 9.65. The lowest BCUT2D eigenvalue weighted by molar-refractivity contribution is 0.0984. The topological polar surface area (TPSA) is 12.0 Å². The number of benzene rings is 1. The van der Waals surface area contributed by atoms with E-state index < -0.39 is 0 Å². The largest absolute Gasteiger partial charge is 0.314 e. The molecule has 0 heterocycles. The normalized spacial score (nSPS) is 23.0. The molecule has 2 atom stereocenters.